The summed E-state index contributed by atoms with van der Waals surface area (Å²) < 4.78 is 1.01. The molecular weight excluding hydrogens is 411 g/mol. The van der Waals surface area contributed by atoms with Crippen LogP contribution >= 0.6 is 34.8 Å². The molecule has 0 spiro atoms. The maximum absolute atomic E-state index is 12.2. The number of rotatable bonds is 2. The van der Waals surface area contributed by atoms with E-state index in [0.717, 1.165) is 14.7 Å². The minimum absolute atomic E-state index is 0.0760. The number of hydrogen-bond donors (Lipinski definition) is 3. The lowest BCUT2D eigenvalue weighted by molar-refractivity contribution is 0.0977. The van der Waals surface area contributed by atoms with Crippen molar-refractivity contribution in [1.82, 2.24) is 5.32 Å². The van der Waals surface area contributed by atoms with Crippen molar-refractivity contribution in [2.75, 3.05) is 5.32 Å². The lowest BCUT2D eigenvalue weighted by Gasteiger charge is -2.12. The van der Waals surface area contributed by atoms with Gasteiger partial charge in [0.15, 0.2) is 5.11 Å². The molecule has 0 fully saturated rings. The maximum Gasteiger partial charge on any atom is 0.257 e. The standard InChI is InChI=1S/C16H15IN2O2S/c1-9-3-6-14(20)13(7-9)18-16(22)19-15(21)11-5-4-10(2)12(17)8-11/h3-8,20H,1-2H3,(H2,18,19,21,22). The molecule has 22 heavy (non-hydrogen) atoms. The molecule has 0 bridgehead atoms. The Morgan fingerprint density at radius 3 is 2.59 bits per heavy atom. The summed E-state index contributed by atoms with van der Waals surface area (Å²) in [6, 6.07) is 10.6. The normalized spacial score (nSPS) is 10.1. The van der Waals surface area contributed by atoms with Crippen molar-refractivity contribution in [3.63, 3.8) is 0 Å². The van der Waals surface area contributed by atoms with Gasteiger partial charge in [0.05, 0.1) is 5.69 Å². The molecular formula is C16H15IN2O2S. The Morgan fingerprint density at radius 2 is 1.91 bits per heavy atom. The fourth-order valence-corrected chi connectivity index (χ4v) is 2.53. The summed E-state index contributed by atoms with van der Waals surface area (Å²) in [5.74, 6) is -0.213. The van der Waals surface area contributed by atoms with Crippen molar-refractivity contribution in [2.45, 2.75) is 13.8 Å². The molecule has 4 nitrogen and oxygen atoms in total. The number of benzene rings is 2. The summed E-state index contributed by atoms with van der Waals surface area (Å²) in [5, 5.41) is 15.3. The van der Waals surface area contributed by atoms with Crippen molar-refractivity contribution < 1.29 is 9.90 Å². The van der Waals surface area contributed by atoms with Gasteiger partial charge in [0, 0.05) is 9.13 Å². The number of thiocarbonyl (C=S) groups is 1. The van der Waals surface area contributed by atoms with E-state index in [1.54, 1.807) is 30.3 Å². The van der Waals surface area contributed by atoms with E-state index in [-0.39, 0.29) is 16.8 Å². The molecule has 0 aliphatic carbocycles. The van der Waals surface area contributed by atoms with Gasteiger partial charge in [0.2, 0.25) is 0 Å². The molecule has 2 aromatic rings. The van der Waals surface area contributed by atoms with E-state index in [1.807, 2.05) is 19.9 Å². The van der Waals surface area contributed by atoms with E-state index in [9.17, 15) is 9.90 Å². The molecule has 0 unspecified atom stereocenters. The Balaban J connectivity index is 2.06. The zero-order valence-electron chi connectivity index (χ0n) is 12.1. The average molecular weight is 426 g/mol. The van der Waals surface area contributed by atoms with E-state index >= 15 is 0 Å². The summed E-state index contributed by atoms with van der Waals surface area (Å²) in [7, 11) is 0. The lowest BCUT2D eigenvalue weighted by atomic mass is 10.1. The minimum Gasteiger partial charge on any atom is -0.506 e. The number of nitrogens with one attached hydrogen (secondary N) is 2. The fourth-order valence-electron chi connectivity index (χ4n) is 1.81. The molecule has 114 valence electrons. The molecule has 0 aliphatic heterocycles. The molecule has 6 heteroatoms. The zero-order valence-corrected chi connectivity index (χ0v) is 15.1. The second-order valence-corrected chi connectivity index (χ2v) is 6.46. The Morgan fingerprint density at radius 1 is 1.18 bits per heavy atom. The van der Waals surface area contributed by atoms with E-state index < -0.39 is 0 Å². The molecule has 1 amide bonds. The van der Waals surface area contributed by atoms with E-state index in [4.69, 9.17) is 12.2 Å². The number of aryl methyl sites for hydroxylation is 2. The van der Waals surface area contributed by atoms with Crippen molar-refractivity contribution in [3.8, 4) is 5.75 Å². The molecule has 3 N–H and O–H groups in total. The summed E-state index contributed by atoms with van der Waals surface area (Å²) >= 11 is 7.30. The topological polar surface area (TPSA) is 61.4 Å². The molecule has 0 saturated carbocycles. The molecule has 0 aromatic heterocycles. The van der Waals surface area contributed by atoms with Crippen LogP contribution in [-0.4, -0.2) is 16.1 Å². The first-order valence-corrected chi connectivity index (χ1v) is 8.03. The quantitative estimate of drug-likeness (QED) is 0.389. The first kappa shape index (κ1) is 16.7. The number of hydrogen-bond acceptors (Lipinski definition) is 3. The highest BCUT2D eigenvalue weighted by molar-refractivity contribution is 14.1. The number of aromatic hydroxyl groups is 1. The molecule has 0 aliphatic rings. The number of anilines is 1. The highest BCUT2D eigenvalue weighted by Crippen LogP contribution is 2.23. The van der Waals surface area contributed by atoms with Crippen molar-refractivity contribution in [2.24, 2.45) is 0 Å². The first-order valence-electron chi connectivity index (χ1n) is 6.55. The summed E-state index contributed by atoms with van der Waals surface area (Å²) in [4.78, 5) is 12.2. The van der Waals surface area contributed by atoms with Crippen molar-refractivity contribution in [1.29, 1.82) is 0 Å². The molecule has 0 heterocycles. The maximum atomic E-state index is 12.2. The zero-order chi connectivity index (χ0) is 16.3. The molecule has 0 radical (unpaired) electrons. The van der Waals surface area contributed by atoms with Gasteiger partial charge in [-0.2, -0.15) is 0 Å². The van der Waals surface area contributed by atoms with Crippen LogP contribution in [0.3, 0.4) is 0 Å². The molecule has 2 aromatic carbocycles. The summed E-state index contributed by atoms with van der Waals surface area (Å²) in [5.41, 5.74) is 3.08. The number of phenols is 1. The highest BCUT2D eigenvalue weighted by Gasteiger charge is 2.10. The van der Waals surface area contributed by atoms with E-state index in [2.05, 4.69) is 33.2 Å². The van der Waals surface area contributed by atoms with Crippen LogP contribution in [-0.2, 0) is 0 Å². The Kier molecular flexibility index (Phi) is 5.36. The first-order chi connectivity index (χ1) is 10.4. The van der Waals surface area contributed by atoms with Crippen LogP contribution in [0.25, 0.3) is 0 Å². The Bertz CT molecular complexity index is 747. The summed E-state index contributed by atoms with van der Waals surface area (Å²) in [6.45, 7) is 3.89. The smallest absolute Gasteiger partial charge is 0.257 e. The van der Waals surface area contributed by atoms with Gasteiger partial charge >= 0.3 is 0 Å². The summed E-state index contributed by atoms with van der Waals surface area (Å²) in [6.07, 6.45) is 0. The lowest BCUT2D eigenvalue weighted by Crippen LogP contribution is -2.34. The van der Waals surface area contributed by atoms with E-state index in [1.165, 1.54) is 0 Å². The number of amides is 1. The third kappa shape index (κ3) is 4.17. The van der Waals surface area contributed by atoms with Crippen LogP contribution in [0.15, 0.2) is 36.4 Å². The average Bonchev–Trinajstić information content (AvgIpc) is 2.45. The van der Waals surface area contributed by atoms with Gasteiger partial charge < -0.3 is 10.4 Å². The van der Waals surface area contributed by atoms with Crippen LogP contribution in [0, 0.1) is 17.4 Å². The largest absolute Gasteiger partial charge is 0.506 e. The second-order valence-electron chi connectivity index (χ2n) is 4.89. The van der Waals surface area contributed by atoms with Gasteiger partial charge in [-0.1, -0.05) is 12.1 Å². The number of carbonyl (C=O) groups excluding carboxylic acids is 1. The van der Waals surface area contributed by atoms with Gasteiger partial charge in [0.1, 0.15) is 5.75 Å². The number of carbonyl (C=O) groups is 1. The second kappa shape index (κ2) is 7.06. The third-order valence-corrected chi connectivity index (χ3v) is 4.43. The fraction of sp³-hybridized carbons (Fsp3) is 0.125. The predicted molar refractivity (Wildman–Crippen MR) is 100 cm³/mol. The van der Waals surface area contributed by atoms with Gasteiger partial charge in [0.25, 0.3) is 5.91 Å². The Labute approximate surface area is 148 Å². The predicted octanol–water partition coefficient (Wildman–Crippen LogP) is 3.74. The number of phenolic OH excluding ortho intramolecular Hbond substituents is 1. The molecule has 2 rings (SSSR count). The third-order valence-electron chi connectivity index (χ3n) is 3.06. The highest BCUT2D eigenvalue weighted by atomic mass is 127. The Hall–Kier alpha value is -1.67. The van der Waals surface area contributed by atoms with Crippen LogP contribution in [0.4, 0.5) is 5.69 Å². The van der Waals surface area contributed by atoms with Crippen LogP contribution in [0.5, 0.6) is 5.75 Å². The van der Waals surface area contributed by atoms with Crippen LogP contribution < -0.4 is 10.6 Å². The van der Waals surface area contributed by atoms with Gasteiger partial charge in [-0.05, 0) is 84.0 Å². The van der Waals surface area contributed by atoms with Crippen LogP contribution in [0.1, 0.15) is 21.5 Å². The van der Waals surface area contributed by atoms with Crippen LogP contribution in [0.2, 0.25) is 0 Å². The molecule has 0 saturated heterocycles. The SMILES string of the molecule is Cc1ccc(O)c(NC(=S)NC(=O)c2ccc(C)c(I)c2)c1. The van der Waals surface area contributed by atoms with Crippen molar-refractivity contribution in [3.05, 3.63) is 56.7 Å². The molecule has 0 atom stereocenters. The number of halogens is 1. The van der Waals surface area contributed by atoms with Gasteiger partial charge in [-0.15, -0.1) is 0 Å². The monoisotopic (exact) mass is 426 g/mol. The van der Waals surface area contributed by atoms with Crippen molar-refractivity contribution >= 4 is 51.5 Å². The minimum atomic E-state index is -0.289. The van der Waals surface area contributed by atoms with Gasteiger partial charge in [-0.3, -0.25) is 10.1 Å². The van der Waals surface area contributed by atoms with E-state index in [0.29, 0.717) is 11.3 Å². The van der Waals surface area contributed by atoms with Gasteiger partial charge in [-0.25, -0.2) is 0 Å².